The highest BCUT2D eigenvalue weighted by Crippen LogP contribution is 2.28. The number of nitrogens with zero attached hydrogens (tertiary/aromatic N) is 3. The lowest BCUT2D eigenvalue weighted by molar-refractivity contribution is 0.0998. The van der Waals surface area contributed by atoms with E-state index >= 15 is 0 Å². The molecule has 2 aromatic heterocycles. The van der Waals surface area contributed by atoms with Crippen molar-refractivity contribution in [1.29, 1.82) is 0 Å². The maximum Gasteiger partial charge on any atom is 0.291 e. The third kappa shape index (κ3) is 3.99. The quantitative estimate of drug-likeness (QED) is 0.621. The van der Waals surface area contributed by atoms with Crippen molar-refractivity contribution in [3.63, 3.8) is 0 Å². The van der Waals surface area contributed by atoms with Crippen LogP contribution >= 0.6 is 15.9 Å². The number of likely N-dealkylation sites (N-methyl/N-ethyl adjacent to an activating group) is 1. The zero-order chi connectivity index (χ0) is 18.7. The topological polar surface area (TPSA) is 63.3 Å². The van der Waals surface area contributed by atoms with Crippen LogP contribution in [0, 0.1) is 6.92 Å². The van der Waals surface area contributed by atoms with Gasteiger partial charge in [-0.15, -0.1) is 0 Å². The number of hydrogen-bond donors (Lipinski definition) is 1. The van der Waals surface area contributed by atoms with Crippen LogP contribution in [0.25, 0.3) is 11.0 Å². The number of aromatic nitrogens is 2. The highest BCUT2D eigenvalue weighted by Gasteiger charge is 2.18. The molecule has 26 heavy (non-hydrogen) atoms. The summed E-state index contributed by atoms with van der Waals surface area (Å²) in [5.41, 5.74) is 2.19. The van der Waals surface area contributed by atoms with Gasteiger partial charge in [0.2, 0.25) is 0 Å². The van der Waals surface area contributed by atoms with Crippen molar-refractivity contribution in [3.05, 3.63) is 46.4 Å². The van der Waals surface area contributed by atoms with Crippen LogP contribution < -0.4 is 5.32 Å². The molecule has 0 bridgehead atoms. The second-order valence-electron chi connectivity index (χ2n) is 6.17. The Morgan fingerprint density at radius 1 is 1.35 bits per heavy atom. The molecule has 1 amide bonds. The van der Waals surface area contributed by atoms with Gasteiger partial charge in [-0.1, -0.05) is 29.8 Å². The fraction of sp³-hybridized carbons (Fsp3) is 0.368. The summed E-state index contributed by atoms with van der Waals surface area (Å²) < 4.78 is 8.53. The average molecular weight is 419 g/mol. The van der Waals surface area contributed by atoms with E-state index < -0.39 is 0 Å². The Kier molecular flexibility index (Phi) is 5.78. The van der Waals surface area contributed by atoms with Crippen molar-refractivity contribution in [3.8, 4) is 0 Å². The maximum absolute atomic E-state index is 12.6. The maximum atomic E-state index is 12.6. The van der Waals surface area contributed by atoms with E-state index in [2.05, 4.69) is 45.1 Å². The molecule has 0 atom stereocenters. The van der Waals surface area contributed by atoms with Crippen LogP contribution in [0.4, 0.5) is 5.69 Å². The normalized spacial score (nSPS) is 11.4. The van der Waals surface area contributed by atoms with Crippen LogP contribution in [0.3, 0.4) is 0 Å². The van der Waals surface area contributed by atoms with Crippen molar-refractivity contribution in [2.75, 3.05) is 25.0 Å². The number of benzene rings is 1. The van der Waals surface area contributed by atoms with Gasteiger partial charge in [-0.25, -0.2) is 0 Å². The number of halogens is 1. The molecule has 3 rings (SSSR count). The first-order valence-electron chi connectivity index (χ1n) is 8.76. The smallest absolute Gasteiger partial charge is 0.291 e. The lowest BCUT2D eigenvalue weighted by atomic mass is 10.1. The predicted octanol–water partition coefficient (Wildman–Crippen LogP) is 4.29. The molecule has 0 aliphatic rings. The molecule has 0 unspecified atom stereocenters. The first kappa shape index (κ1) is 18.7. The van der Waals surface area contributed by atoms with Gasteiger partial charge in [0.05, 0.1) is 18.4 Å². The molecule has 3 aromatic rings. The van der Waals surface area contributed by atoms with E-state index in [1.807, 2.05) is 36.0 Å². The van der Waals surface area contributed by atoms with Gasteiger partial charge in [0.1, 0.15) is 5.58 Å². The van der Waals surface area contributed by atoms with Crippen LogP contribution in [0.15, 0.2) is 39.5 Å². The molecule has 1 N–H and O–H groups in total. The number of nitrogens with one attached hydrogen (secondary N) is 1. The Balaban J connectivity index is 1.70. The molecule has 7 heteroatoms. The Morgan fingerprint density at radius 3 is 2.85 bits per heavy atom. The molecule has 0 spiro atoms. The number of aryl methyl sites for hydroxylation is 1. The van der Waals surface area contributed by atoms with Crippen LogP contribution in [0.2, 0.25) is 0 Å². The van der Waals surface area contributed by atoms with E-state index in [1.165, 1.54) is 0 Å². The largest absolute Gasteiger partial charge is 0.451 e. The molecule has 0 saturated heterocycles. The van der Waals surface area contributed by atoms with Gasteiger partial charge < -0.3 is 14.6 Å². The second kappa shape index (κ2) is 8.05. The van der Waals surface area contributed by atoms with E-state index in [4.69, 9.17) is 4.42 Å². The number of rotatable bonds is 7. The summed E-state index contributed by atoms with van der Waals surface area (Å²) in [5, 5.41) is 8.12. The van der Waals surface area contributed by atoms with Gasteiger partial charge in [0.25, 0.3) is 5.91 Å². The number of fused-ring (bicyclic) bond motifs is 1. The van der Waals surface area contributed by atoms with Gasteiger partial charge in [-0.2, -0.15) is 5.10 Å². The van der Waals surface area contributed by atoms with Gasteiger partial charge in [-0.3, -0.25) is 9.48 Å². The number of furan rings is 1. The van der Waals surface area contributed by atoms with E-state index in [-0.39, 0.29) is 5.91 Å². The van der Waals surface area contributed by atoms with Crippen molar-refractivity contribution in [1.82, 2.24) is 14.7 Å². The molecule has 138 valence electrons. The summed E-state index contributed by atoms with van der Waals surface area (Å²) in [7, 11) is 0. The zero-order valence-corrected chi connectivity index (χ0v) is 16.8. The SMILES string of the molecule is CCN(CC)CCn1cc(NC(=O)c2oc3ccc(Br)cc3c2C)cn1. The van der Waals surface area contributed by atoms with Gasteiger partial charge in [-0.05, 0) is 38.2 Å². The summed E-state index contributed by atoms with van der Waals surface area (Å²) in [6.07, 6.45) is 3.50. The minimum absolute atomic E-state index is 0.266. The van der Waals surface area contributed by atoms with Gasteiger partial charge >= 0.3 is 0 Å². The monoisotopic (exact) mass is 418 g/mol. The lowest BCUT2D eigenvalue weighted by Gasteiger charge is -2.17. The summed E-state index contributed by atoms with van der Waals surface area (Å²) in [6.45, 7) is 9.93. The molecule has 0 radical (unpaired) electrons. The first-order chi connectivity index (χ1) is 12.5. The standard InChI is InChI=1S/C19H23BrN4O2/c1-4-23(5-2)8-9-24-12-15(11-21-24)22-19(25)18-13(3)16-10-14(20)6-7-17(16)26-18/h6-7,10-12H,4-5,8-9H2,1-3H3,(H,22,25). The average Bonchev–Trinajstić information content (AvgIpc) is 3.20. The Bertz CT molecular complexity index is 912. The number of carbonyl (C=O) groups is 1. The minimum atomic E-state index is -0.266. The predicted molar refractivity (Wildman–Crippen MR) is 107 cm³/mol. The fourth-order valence-corrected chi connectivity index (χ4v) is 3.29. The van der Waals surface area contributed by atoms with Crippen LogP contribution in [0.1, 0.15) is 30.0 Å². The van der Waals surface area contributed by atoms with E-state index in [9.17, 15) is 4.79 Å². The molecular weight excluding hydrogens is 396 g/mol. The molecule has 6 nitrogen and oxygen atoms in total. The summed E-state index contributed by atoms with van der Waals surface area (Å²) in [5.74, 6) is 0.0621. The highest BCUT2D eigenvalue weighted by molar-refractivity contribution is 9.10. The van der Waals surface area contributed by atoms with Crippen molar-refractivity contribution in [2.24, 2.45) is 0 Å². The summed E-state index contributed by atoms with van der Waals surface area (Å²) in [6, 6.07) is 5.71. The Morgan fingerprint density at radius 2 is 2.12 bits per heavy atom. The minimum Gasteiger partial charge on any atom is -0.451 e. The van der Waals surface area contributed by atoms with Crippen molar-refractivity contribution >= 4 is 38.5 Å². The molecule has 2 heterocycles. The molecule has 0 saturated carbocycles. The van der Waals surface area contributed by atoms with Crippen molar-refractivity contribution < 1.29 is 9.21 Å². The van der Waals surface area contributed by atoms with Crippen LogP contribution in [-0.4, -0.2) is 40.2 Å². The summed E-state index contributed by atoms with van der Waals surface area (Å²) in [4.78, 5) is 14.9. The van der Waals surface area contributed by atoms with Gasteiger partial charge in [0.15, 0.2) is 5.76 Å². The third-order valence-electron chi connectivity index (χ3n) is 4.54. The molecule has 0 fully saturated rings. The molecular formula is C19H23BrN4O2. The fourth-order valence-electron chi connectivity index (χ4n) is 2.93. The zero-order valence-electron chi connectivity index (χ0n) is 15.3. The third-order valence-corrected chi connectivity index (χ3v) is 5.03. The second-order valence-corrected chi connectivity index (χ2v) is 7.09. The number of anilines is 1. The van der Waals surface area contributed by atoms with Crippen molar-refractivity contribution in [2.45, 2.75) is 27.3 Å². The van der Waals surface area contributed by atoms with Gasteiger partial charge in [0, 0.05) is 28.2 Å². The van der Waals surface area contributed by atoms with E-state index in [1.54, 1.807) is 6.20 Å². The highest BCUT2D eigenvalue weighted by atomic mass is 79.9. The first-order valence-corrected chi connectivity index (χ1v) is 9.56. The molecule has 0 aliphatic carbocycles. The van der Waals surface area contributed by atoms with E-state index in [0.717, 1.165) is 41.6 Å². The number of carbonyl (C=O) groups excluding carboxylic acids is 1. The van der Waals surface area contributed by atoms with E-state index in [0.29, 0.717) is 17.0 Å². The molecule has 1 aromatic carbocycles. The lowest BCUT2D eigenvalue weighted by Crippen LogP contribution is -2.27. The Hall–Kier alpha value is -2.12. The number of hydrogen-bond acceptors (Lipinski definition) is 4. The molecule has 0 aliphatic heterocycles. The van der Waals surface area contributed by atoms with Crippen LogP contribution in [0.5, 0.6) is 0 Å². The summed E-state index contributed by atoms with van der Waals surface area (Å²) >= 11 is 3.45. The van der Waals surface area contributed by atoms with Crippen LogP contribution in [-0.2, 0) is 6.54 Å². The number of amides is 1. The Labute approximate surface area is 161 Å².